The fourth-order valence-corrected chi connectivity index (χ4v) is 4.59. The Labute approximate surface area is 252 Å². The quantitative estimate of drug-likeness (QED) is 0.186. The minimum atomic E-state index is -1.93. The summed E-state index contributed by atoms with van der Waals surface area (Å²) in [5.41, 5.74) is 0.804. The van der Waals surface area contributed by atoms with Crippen molar-refractivity contribution in [1.29, 1.82) is 0 Å². The SMILES string of the molecule is CN(C(=O)N[C@@H](CCC(=O)O)C(=O)O)[C@]1(C(=O)O)C=CC=C(NC(=O)CCCc2ccc(-n3cc(CCCF)nn3)cc2)C1. The number of rotatable bonds is 16. The average molecular weight is 615 g/mol. The smallest absolute Gasteiger partial charge is 0.334 e. The molecule has 236 valence electrons. The molecule has 1 aromatic carbocycles. The van der Waals surface area contributed by atoms with Gasteiger partial charge in [-0.25, -0.2) is 19.1 Å². The molecular weight excluding hydrogens is 579 g/mol. The molecule has 0 fully saturated rings. The highest BCUT2D eigenvalue weighted by Gasteiger charge is 2.45. The van der Waals surface area contributed by atoms with Crippen LogP contribution < -0.4 is 10.6 Å². The number of alkyl halides is 1. The molecule has 0 saturated heterocycles. The molecule has 0 aliphatic heterocycles. The van der Waals surface area contributed by atoms with Crippen molar-refractivity contribution in [3.8, 4) is 5.69 Å². The van der Waals surface area contributed by atoms with Gasteiger partial charge in [0.05, 0.1) is 24.3 Å². The molecule has 15 heteroatoms. The minimum absolute atomic E-state index is 0.143. The van der Waals surface area contributed by atoms with Crippen LogP contribution in [0.15, 0.2) is 54.4 Å². The van der Waals surface area contributed by atoms with Gasteiger partial charge in [-0.15, -0.1) is 5.10 Å². The Kier molecular flexibility index (Phi) is 11.7. The lowest BCUT2D eigenvalue weighted by molar-refractivity contribution is -0.146. The molecule has 44 heavy (non-hydrogen) atoms. The summed E-state index contributed by atoms with van der Waals surface area (Å²) >= 11 is 0. The average Bonchev–Trinajstić information content (AvgIpc) is 3.46. The Morgan fingerprint density at radius 1 is 1.07 bits per heavy atom. The summed E-state index contributed by atoms with van der Waals surface area (Å²) < 4.78 is 14.0. The van der Waals surface area contributed by atoms with Gasteiger partial charge < -0.3 is 30.9 Å². The number of carboxylic acids is 3. The topological polar surface area (TPSA) is 204 Å². The standard InChI is InChI=1S/C29H35FN6O8/c1-35(28(44)32-23(26(40)41)13-14-25(38)39)29(27(42)43)15-3-6-20(17-29)31-24(37)8-2-5-19-9-11-22(12-10-19)36-18-21(33-34-36)7-4-16-30/h3,6,9-12,15,18,23H,2,4-5,7-8,13-14,16-17H2,1H3,(H,31,37)(H,32,44)(H,38,39)(H,40,41)(H,42,43)/t23-,29+/m0/s1. The number of hydrogen-bond acceptors (Lipinski definition) is 7. The molecule has 14 nitrogen and oxygen atoms in total. The number of aryl methyl sites for hydroxylation is 2. The lowest BCUT2D eigenvalue weighted by Gasteiger charge is -2.38. The Morgan fingerprint density at radius 3 is 2.43 bits per heavy atom. The van der Waals surface area contributed by atoms with Gasteiger partial charge in [-0.1, -0.05) is 23.4 Å². The molecule has 3 amide bonds. The number of hydrogen-bond donors (Lipinski definition) is 5. The second kappa shape index (κ2) is 15.4. The van der Waals surface area contributed by atoms with E-state index < -0.39 is 55.0 Å². The van der Waals surface area contributed by atoms with E-state index in [4.69, 9.17) is 5.11 Å². The lowest BCUT2D eigenvalue weighted by Crippen LogP contribution is -2.59. The van der Waals surface area contributed by atoms with Crippen molar-refractivity contribution < 1.29 is 43.7 Å². The van der Waals surface area contributed by atoms with Crippen LogP contribution in [0.3, 0.4) is 0 Å². The molecule has 0 radical (unpaired) electrons. The van der Waals surface area contributed by atoms with Gasteiger partial charge in [0, 0.05) is 32.0 Å². The molecule has 2 atom stereocenters. The predicted octanol–water partition coefficient (Wildman–Crippen LogP) is 2.23. The van der Waals surface area contributed by atoms with E-state index in [1.54, 1.807) is 10.9 Å². The van der Waals surface area contributed by atoms with Gasteiger partial charge in [0.1, 0.15) is 6.04 Å². The third-order valence-corrected chi connectivity index (χ3v) is 7.12. The maximum atomic E-state index is 12.8. The van der Waals surface area contributed by atoms with E-state index >= 15 is 0 Å². The highest BCUT2D eigenvalue weighted by molar-refractivity contribution is 5.91. The lowest BCUT2D eigenvalue weighted by atomic mass is 9.87. The predicted molar refractivity (Wildman–Crippen MR) is 154 cm³/mol. The van der Waals surface area contributed by atoms with Gasteiger partial charge in [-0.05, 0) is 62.0 Å². The highest BCUT2D eigenvalue weighted by atomic mass is 19.1. The number of allylic oxidation sites excluding steroid dienone is 2. The zero-order valence-electron chi connectivity index (χ0n) is 24.1. The number of likely N-dealkylation sites (N-methyl/N-ethyl adjacent to an activating group) is 1. The molecular formula is C29H35FN6O8. The van der Waals surface area contributed by atoms with Crippen molar-refractivity contribution >= 4 is 29.8 Å². The van der Waals surface area contributed by atoms with Crippen molar-refractivity contribution in [3.63, 3.8) is 0 Å². The number of nitrogens with zero attached hydrogens (tertiary/aromatic N) is 4. The molecule has 3 rings (SSSR count). The van der Waals surface area contributed by atoms with Crippen LogP contribution in [-0.4, -0.2) is 90.4 Å². The maximum absolute atomic E-state index is 12.8. The third kappa shape index (κ3) is 8.96. The number of benzene rings is 1. The fraction of sp³-hybridized carbons (Fsp3) is 0.414. The van der Waals surface area contributed by atoms with Crippen molar-refractivity contribution in [2.45, 2.75) is 62.9 Å². The second-order valence-electron chi connectivity index (χ2n) is 10.3. The molecule has 0 spiro atoms. The van der Waals surface area contributed by atoms with Gasteiger partial charge in [-0.3, -0.25) is 14.0 Å². The van der Waals surface area contributed by atoms with E-state index in [2.05, 4.69) is 20.9 Å². The van der Waals surface area contributed by atoms with Gasteiger partial charge in [0.15, 0.2) is 5.54 Å². The second-order valence-corrected chi connectivity index (χ2v) is 10.3. The summed E-state index contributed by atoms with van der Waals surface area (Å²) in [6.45, 7) is -0.414. The number of carbonyl (C=O) groups excluding carboxylic acids is 2. The first kappa shape index (κ1) is 33.4. The molecule has 1 aromatic heterocycles. The van der Waals surface area contributed by atoms with Crippen molar-refractivity contribution in [1.82, 2.24) is 30.5 Å². The zero-order valence-corrected chi connectivity index (χ0v) is 24.1. The summed E-state index contributed by atoms with van der Waals surface area (Å²) in [5.74, 6) is -4.47. The van der Waals surface area contributed by atoms with Crippen molar-refractivity contribution in [3.05, 3.63) is 65.6 Å². The van der Waals surface area contributed by atoms with E-state index in [1.165, 1.54) is 25.3 Å². The van der Waals surface area contributed by atoms with Crippen LogP contribution in [-0.2, 0) is 32.0 Å². The van der Waals surface area contributed by atoms with Gasteiger partial charge >= 0.3 is 23.9 Å². The molecule has 1 aliphatic carbocycles. The number of amides is 3. The van der Waals surface area contributed by atoms with Gasteiger partial charge in [0.25, 0.3) is 0 Å². The van der Waals surface area contributed by atoms with Crippen LogP contribution >= 0.6 is 0 Å². The molecule has 0 unspecified atom stereocenters. The Morgan fingerprint density at radius 2 is 1.80 bits per heavy atom. The normalized spacial score (nSPS) is 16.5. The minimum Gasteiger partial charge on any atom is -0.481 e. The number of urea groups is 1. The first-order chi connectivity index (χ1) is 20.9. The Hall–Kier alpha value is -5.08. The van der Waals surface area contributed by atoms with E-state index in [-0.39, 0.29) is 24.4 Å². The van der Waals surface area contributed by atoms with Gasteiger partial charge in [-0.2, -0.15) is 0 Å². The maximum Gasteiger partial charge on any atom is 0.334 e. The number of nitrogens with one attached hydrogen (secondary N) is 2. The molecule has 5 N–H and O–H groups in total. The van der Waals surface area contributed by atoms with E-state index in [1.807, 2.05) is 24.3 Å². The molecule has 0 saturated carbocycles. The highest BCUT2D eigenvalue weighted by Crippen LogP contribution is 2.28. The number of aliphatic carboxylic acids is 3. The zero-order chi connectivity index (χ0) is 32.3. The summed E-state index contributed by atoms with van der Waals surface area (Å²) in [6, 6.07) is 4.97. The molecule has 0 bridgehead atoms. The monoisotopic (exact) mass is 614 g/mol. The van der Waals surface area contributed by atoms with E-state index in [9.17, 15) is 38.6 Å². The number of aromatic nitrogens is 3. The van der Waals surface area contributed by atoms with E-state index in [0.717, 1.165) is 16.2 Å². The Balaban J connectivity index is 1.53. The van der Waals surface area contributed by atoms with Crippen LogP contribution in [0.2, 0.25) is 0 Å². The number of halogens is 1. The fourth-order valence-electron chi connectivity index (χ4n) is 4.59. The van der Waals surface area contributed by atoms with Crippen LogP contribution in [0, 0.1) is 0 Å². The van der Waals surface area contributed by atoms with Crippen LogP contribution in [0.25, 0.3) is 5.69 Å². The molecule has 2 aromatic rings. The largest absolute Gasteiger partial charge is 0.481 e. The summed E-state index contributed by atoms with van der Waals surface area (Å²) in [5, 5.41) is 41.2. The molecule has 1 aliphatic rings. The Bertz CT molecular complexity index is 1420. The first-order valence-electron chi connectivity index (χ1n) is 13.9. The van der Waals surface area contributed by atoms with Crippen molar-refractivity contribution in [2.24, 2.45) is 0 Å². The summed E-state index contributed by atoms with van der Waals surface area (Å²) in [7, 11) is 1.18. The van der Waals surface area contributed by atoms with Crippen LogP contribution in [0.5, 0.6) is 0 Å². The summed E-state index contributed by atoms with van der Waals surface area (Å²) in [6.07, 6.45) is 6.86. The third-order valence-electron chi connectivity index (χ3n) is 7.12. The van der Waals surface area contributed by atoms with E-state index in [0.29, 0.717) is 31.4 Å². The summed E-state index contributed by atoms with van der Waals surface area (Å²) in [4.78, 5) is 61.0. The van der Waals surface area contributed by atoms with Crippen molar-refractivity contribution in [2.75, 3.05) is 13.7 Å². The first-order valence-corrected chi connectivity index (χ1v) is 13.9. The van der Waals surface area contributed by atoms with Crippen LogP contribution in [0.4, 0.5) is 9.18 Å². The number of carbonyl (C=O) groups is 5. The number of carboxylic acid groups (broad SMARTS) is 3. The van der Waals surface area contributed by atoms with Crippen LogP contribution in [0.1, 0.15) is 49.8 Å². The molecule has 1 heterocycles. The van der Waals surface area contributed by atoms with Gasteiger partial charge in [0.2, 0.25) is 5.91 Å².